The van der Waals surface area contributed by atoms with Crippen LogP contribution in [0.4, 0.5) is 8.78 Å². The molecule has 88 valence electrons. The number of rotatable bonds is 2. The minimum absolute atomic E-state index is 0.129. The Labute approximate surface area is 92.9 Å². The van der Waals surface area contributed by atoms with E-state index in [2.05, 4.69) is 0 Å². The quantitative estimate of drug-likeness (QED) is 0.841. The van der Waals surface area contributed by atoms with Gasteiger partial charge in [0.2, 0.25) is 0 Å². The average Bonchev–Trinajstić information content (AvgIpc) is 2.69. The van der Waals surface area contributed by atoms with Crippen LogP contribution in [0.1, 0.15) is 18.9 Å². The molecule has 2 unspecified atom stereocenters. The van der Waals surface area contributed by atoms with E-state index < -0.39 is 17.2 Å². The Balaban J connectivity index is 2.34. The zero-order valence-electron chi connectivity index (χ0n) is 9.04. The van der Waals surface area contributed by atoms with Crippen LogP contribution in [0.15, 0.2) is 18.2 Å². The summed E-state index contributed by atoms with van der Waals surface area (Å²) in [5.41, 5.74) is -1.18. The summed E-state index contributed by atoms with van der Waals surface area (Å²) in [6, 6.07) is 3.24. The van der Waals surface area contributed by atoms with Crippen molar-refractivity contribution in [3.8, 4) is 0 Å². The lowest BCUT2D eigenvalue weighted by Crippen LogP contribution is -2.33. The highest BCUT2D eigenvalue weighted by atomic mass is 19.1. The number of aliphatic hydroxyl groups is 1. The maximum atomic E-state index is 13.6. The highest BCUT2D eigenvalue weighted by molar-refractivity contribution is 5.25. The third-order valence-corrected chi connectivity index (χ3v) is 3.20. The monoisotopic (exact) mass is 228 g/mol. The molecule has 1 aliphatic heterocycles. The molecule has 1 N–H and O–H groups in total. The van der Waals surface area contributed by atoms with Gasteiger partial charge >= 0.3 is 0 Å². The molecule has 1 aromatic rings. The topological polar surface area (TPSA) is 29.5 Å². The first-order chi connectivity index (χ1) is 7.51. The van der Waals surface area contributed by atoms with Gasteiger partial charge in [0.1, 0.15) is 11.6 Å². The maximum Gasteiger partial charge on any atom is 0.132 e. The lowest BCUT2D eigenvalue weighted by atomic mass is 9.82. The summed E-state index contributed by atoms with van der Waals surface area (Å²) in [6.07, 6.45) is 0.684. The van der Waals surface area contributed by atoms with Crippen molar-refractivity contribution < 1.29 is 18.6 Å². The van der Waals surface area contributed by atoms with Gasteiger partial charge in [0.25, 0.3) is 0 Å². The minimum Gasteiger partial charge on any atom is -0.385 e. The van der Waals surface area contributed by atoms with Crippen molar-refractivity contribution in [3.63, 3.8) is 0 Å². The number of hydrogen-bond acceptors (Lipinski definition) is 2. The van der Waals surface area contributed by atoms with Gasteiger partial charge in [0, 0.05) is 24.2 Å². The number of hydrogen-bond donors (Lipinski definition) is 1. The molecule has 0 saturated carbocycles. The Morgan fingerprint density at radius 2 is 2.19 bits per heavy atom. The van der Waals surface area contributed by atoms with E-state index >= 15 is 0 Å². The Morgan fingerprint density at radius 1 is 1.44 bits per heavy atom. The van der Waals surface area contributed by atoms with E-state index in [4.69, 9.17) is 4.74 Å². The first-order valence-corrected chi connectivity index (χ1v) is 5.27. The van der Waals surface area contributed by atoms with Crippen LogP contribution in [0.3, 0.4) is 0 Å². The summed E-state index contributed by atoms with van der Waals surface area (Å²) < 4.78 is 31.5. The van der Waals surface area contributed by atoms with Crippen molar-refractivity contribution in [3.05, 3.63) is 35.4 Å². The van der Waals surface area contributed by atoms with Crippen molar-refractivity contribution in [1.82, 2.24) is 0 Å². The Bertz CT molecular complexity index is 385. The molecule has 1 saturated heterocycles. The predicted molar refractivity (Wildman–Crippen MR) is 54.9 cm³/mol. The Hall–Kier alpha value is -1.00. The molecule has 1 heterocycles. The van der Waals surface area contributed by atoms with Crippen LogP contribution in [-0.2, 0) is 10.3 Å². The summed E-state index contributed by atoms with van der Waals surface area (Å²) in [5, 5.41) is 10.3. The average molecular weight is 228 g/mol. The van der Waals surface area contributed by atoms with E-state index in [-0.39, 0.29) is 11.5 Å². The van der Waals surface area contributed by atoms with Gasteiger partial charge in [0.05, 0.1) is 12.2 Å². The molecule has 0 spiro atoms. The predicted octanol–water partition coefficient (Wildman–Crippen LogP) is 2.21. The Morgan fingerprint density at radius 3 is 2.75 bits per heavy atom. The van der Waals surface area contributed by atoms with E-state index in [0.29, 0.717) is 19.6 Å². The van der Waals surface area contributed by atoms with Crippen LogP contribution in [0.25, 0.3) is 0 Å². The summed E-state index contributed by atoms with van der Waals surface area (Å²) in [7, 11) is 0. The first-order valence-electron chi connectivity index (χ1n) is 5.27. The molecule has 0 amide bonds. The second kappa shape index (κ2) is 4.11. The van der Waals surface area contributed by atoms with Gasteiger partial charge < -0.3 is 9.84 Å². The standard InChI is InChI=1S/C12H14F2O2/c1-12(15,8-4-5-16-7-8)10-3-2-9(13)6-11(10)14/h2-3,6,8,15H,4-5,7H2,1H3. The summed E-state index contributed by atoms with van der Waals surface area (Å²) >= 11 is 0. The maximum absolute atomic E-state index is 13.6. The summed E-state index contributed by atoms with van der Waals surface area (Å²) in [6.45, 7) is 2.52. The van der Waals surface area contributed by atoms with E-state index in [1.807, 2.05) is 0 Å². The van der Waals surface area contributed by atoms with Gasteiger partial charge in [-0.3, -0.25) is 0 Å². The smallest absolute Gasteiger partial charge is 0.132 e. The lowest BCUT2D eigenvalue weighted by molar-refractivity contribution is -0.0127. The molecule has 2 rings (SSSR count). The summed E-state index contributed by atoms with van der Waals surface area (Å²) in [5.74, 6) is -1.50. The lowest BCUT2D eigenvalue weighted by Gasteiger charge is -2.29. The van der Waals surface area contributed by atoms with Crippen molar-refractivity contribution in [2.24, 2.45) is 5.92 Å². The van der Waals surface area contributed by atoms with Crippen LogP contribution in [-0.4, -0.2) is 18.3 Å². The number of benzene rings is 1. The van der Waals surface area contributed by atoms with Crippen molar-refractivity contribution in [1.29, 1.82) is 0 Å². The molecular weight excluding hydrogens is 214 g/mol. The highest BCUT2D eigenvalue weighted by Crippen LogP contribution is 2.35. The van der Waals surface area contributed by atoms with Gasteiger partial charge in [-0.05, 0) is 19.4 Å². The molecule has 1 aromatic carbocycles. The van der Waals surface area contributed by atoms with E-state index in [9.17, 15) is 13.9 Å². The fourth-order valence-electron chi connectivity index (χ4n) is 2.10. The number of halogens is 2. The molecule has 0 radical (unpaired) electrons. The third-order valence-electron chi connectivity index (χ3n) is 3.20. The molecule has 4 heteroatoms. The molecular formula is C12H14F2O2. The van der Waals surface area contributed by atoms with Crippen molar-refractivity contribution >= 4 is 0 Å². The highest BCUT2D eigenvalue weighted by Gasteiger charge is 2.38. The van der Waals surface area contributed by atoms with Crippen LogP contribution in [0.2, 0.25) is 0 Å². The minimum atomic E-state index is -1.31. The first kappa shape index (κ1) is 11.5. The molecule has 1 aliphatic rings. The molecule has 1 fully saturated rings. The second-order valence-electron chi connectivity index (χ2n) is 4.33. The van der Waals surface area contributed by atoms with E-state index in [1.165, 1.54) is 6.07 Å². The van der Waals surface area contributed by atoms with E-state index in [0.717, 1.165) is 12.1 Å². The number of ether oxygens (including phenoxy) is 1. The second-order valence-corrected chi connectivity index (χ2v) is 4.33. The van der Waals surface area contributed by atoms with Crippen LogP contribution < -0.4 is 0 Å². The largest absolute Gasteiger partial charge is 0.385 e. The molecule has 0 aliphatic carbocycles. The fourth-order valence-corrected chi connectivity index (χ4v) is 2.10. The molecule has 2 atom stereocenters. The van der Waals surface area contributed by atoms with E-state index in [1.54, 1.807) is 6.92 Å². The normalized spacial score (nSPS) is 24.4. The van der Waals surface area contributed by atoms with Crippen LogP contribution in [0.5, 0.6) is 0 Å². The molecule has 16 heavy (non-hydrogen) atoms. The molecule has 0 bridgehead atoms. The van der Waals surface area contributed by atoms with Gasteiger partial charge in [-0.1, -0.05) is 6.07 Å². The van der Waals surface area contributed by atoms with Gasteiger partial charge in [-0.25, -0.2) is 8.78 Å². The van der Waals surface area contributed by atoms with Crippen LogP contribution >= 0.6 is 0 Å². The Kier molecular flexibility index (Phi) is 2.95. The fraction of sp³-hybridized carbons (Fsp3) is 0.500. The van der Waals surface area contributed by atoms with Crippen LogP contribution in [0, 0.1) is 17.6 Å². The van der Waals surface area contributed by atoms with Crippen molar-refractivity contribution in [2.45, 2.75) is 18.9 Å². The molecule has 2 nitrogen and oxygen atoms in total. The summed E-state index contributed by atoms with van der Waals surface area (Å²) in [4.78, 5) is 0. The molecule has 0 aromatic heterocycles. The van der Waals surface area contributed by atoms with Crippen molar-refractivity contribution in [2.75, 3.05) is 13.2 Å². The zero-order chi connectivity index (χ0) is 11.8. The SMILES string of the molecule is CC(O)(c1ccc(F)cc1F)C1CCOC1. The van der Waals surface area contributed by atoms with Gasteiger partial charge in [-0.2, -0.15) is 0 Å². The van der Waals surface area contributed by atoms with Gasteiger partial charge in [-0.15, -0.1) is 0 Å². The third kappa shape index (κ3) is 1.95. The van der Waals surface area contributed by atoms with Gasteiger partial charge in [0.15, 0.2) is 0 Å². The zero-order valence-corrected chi connectivity index (χ0v) is 9.04.